The van der Waals surface area contributed by atoms with Gasteiger partial charge < -0.3 is 4.90 Å². The molecule has 16 heavy (non-hydrogen) atoms. The lowest BCUT2D eigenvalue weighted by Crippen LogP contribution is -2.34. The first-order valence-corrected chi connectivity index (χ1v) is 5.64. The second-order valence-electron chi connectivity index (χ2n) is 4.65. The smallest absolute Gasteiger partial charge is 0.224 e. The fraction of sp³-hybridized carbons (Fsp3) is 0.462. The van der Waals surface area contributed by atoms with Crippen molar-refractivity contribution in [3.05, 3.63) is 35.9 Å². The van der Waals surface area contributed by atoms with E-state index in [9.17, 15) is 4.79 Å². The average molecular weight is 218 g/mol. The van der Waals surface area contributed by atoms with Crippen LogP contribution < -0.4 is 0 Å². The van der Waals surface area contributed by atoms with Gasteiger partial charge in [-0.25, -0.2) is 0 Å². The molecule has 1 atom stereocenters. The van der Waals surface area contributed by atoms with Gasteiger partial charge in [0.2, 0.25) is 5.91 Å². The van der Waals surface area contributed by atoms with Crippen molar-refractivity contribution in [2.24, 2.45) is 0 Å². The predicted octanol–water partition coefficient (Wildman–Crippen LogP) is 1.52. The van der Waals surface area contributed by atoms with E-state index in [1.165, 1.54) is 5.56 Å². The van der Waals surface area contributed by atoms with Gasteiger partial charge in [-0.1, -0.05) is 30.3 Å². The van der Waals surface area contributed by atoms with Crippen LogP contribution >= 0.6 is 0 Å². The molecule has 0 bridgehead atoms. The summed E-state index contributed by atoms with van der Waals surface area (Å²) in [6, 6.07) is 10.3. The molecule has 1 fully saturated rings. The number of carbonyl (C=O) groups is 1. The predicted molar refractivity (Wildman–Crippen MR) is 64.1 cm³/mol. The molecule has 0 radical (unpaired) electrons. The van der Waals surface area contributed by atoms with E-state index in [4.69, 9.17) is 0 Å². The van der Waals surface area contributed by atoms with Crippen LogP contribution in [0.5, 0.6) is 0 Å². The standard InChI is InChI=1S/C13H18N2O/c1-14(2)10-15-9-12(8-13(15)16)11-6-4-3-5-7-11/h3-7,12H,8-10H2,1-2H3/t12-/m1/s1. The molecule has 0 aliphatic carbocycles. The summed E-state index contributed by atoms with van der Waals surface area (Å²) in [4.78, 5) is 15.8. The maximum Gasteiger partial charge on any atom is 0.224 e. The average Bonchev–Trinajstić information content (AvgIpc) is 2.61. The van der Waals surface area contributed by atoms with Gasteiger partial charge in [0.05, 0.1) is 6.67 Å². The second-order valence-corrected chi connectivity index (χ2v) is 4.65. The van der Waals surface area contributed by atoms with Crippen LogP contribution in [0.15, 0.2) is 30.3 Å². The molecule has 1 aliphatic rings. The molecule has 86 valence electrons. The van der Waals surface area contributed by atoms with E-state index in [0.717, 1.165) is 13.2 Å². The van der Waals surface area contributed by atoms with Gasteiger partial charge in [-0.3, -0.25) is 9.69 Å². The maximum atomic E-state index is 11.8. The Morgan fingerprint density at radius 1 is 1.31 bits per heavy atom. The summed E-state index contributed by atoms with van der Waals surface area (Å²) < 4.78 is 0. The van der Waals surface area contributed by atoms with Crippen molar-refractivity contribution in [2.45, 2.75) is 12.3 Å². The zero-order chi connectivity index (χ0) is 11.5. The highest BCUT2D eigenvalue weighted by Crippen LogP contribution is 2.27. The summed E-state index contributed by atoms with van der Waals surface area (Å²) in [7, 11) is 3.98. The number of hydrogen-bond acceptors (Lipinski definition) is 2. The first-order chi connectivity index (χ1) is 7.66. The van der Waals surface area contributed by atoms with Gasteiger partial charge in [-0.05, 0) is 19.7 Å². The number of rotatable bonds is 3. The van der Waals surface area contributed by atoms with E-state index in [2.05, 4.69) is 12.1 Å². The molecule has 1 aromatic rings. The molecule has 1 heterocycles. The lowest BCUT2D eigenvalue weighted by atomic mass is 9.99. The summed E-state index contributed by atoms with van der Waals surface area (Å²) in [5, 5.41) is 0. The van der Waals surface area contributed by atoms with Gasteiger partial charge in [-0.2, -0.15) is 0 Å². The van der Waals surface area contributed by atoms with Gasteiger partial charge in [-0.15, -0.1) is 0 Å². The number of nitrogens with zero attached hydrogens (tertiary/aromatic N) is 2. The molecule has 3 heteroatoms. The Labute approximate surface area is 96.7 Å². The monoisotopic (exact) mass is 218 g/mol. The third-order valence-corrected chi connectivity index (χ3v) is 2.94. The molecule has 3 nitrogen and oxygen atoms in total. The van der Waals surface area contributed by atoms with E-state index in [0.29, 0.717) is 12.3 Å². The van der Waals surface area contributed by atoms with Gasteiger partial charge in [0.15, 0.2) is 0 Å². The third-order valence-electron chi connectivity index (χ3n) is 2.94. The number of benzene rings is 1. The molecular formula is C13H18N2O. The van der Waals surface area contributed by atoms with Crippen molar-refractivity contribution >= 4 is 5.91 Å². The van der Waals surface area contributed by atoms with Crippen LogP contribution in [0.1, 0.15) is 17.9 Å². The lowest BCUT2D eigenvalue weighted by Gasteiger charge is -2.21. The minimum atomic E-state index is 0.266. The summed E-state index contributed by atoms with van der Waals surface area (Å²) in [6.45, 7) is 1.57. The Morgan fingerprint density at radius 2 is 2.00 bits per heavy atom. The number of likely N-dealkylation sites (tertiary alicyclic amines) is 1. The fourth-order valence-electron chi connectivity index (χ4n) is 2.20. The Bertz CT molecular complexity index is 361. The highest BCUT2D eigenvalue weighted by molar-refractivity contribution is 5.79. The van der Waals surface area contributed by atoms with Crippen molar-refractivity contribution in [2.75, 3.05) is 27.3 Å². The highest BCUT2D eigenvalue weighted by atomic mass is 16.2. The number of carbonyl (C=O) groups excluding carboxylic acids is 1. The summed E-state index contributed by atoms with van der Waals surface area (Å²) in [5.74, 6) is 0.635. The molecule has 1 aliphatic heterocycles. The van der Waals surface area contributed by atoms with Gasteiger partial charge in [0.25, 0.3) is 0 Å². The van der Waals surface area contributed by atoms with Crippen LogP contribution in [0.2, 0.25) is 0 Å². The molecular weight excluding hydrogens is 200 g/mol. The van der Waals surface area contributed by atoms with Crippen LogP contribution in [-0.4, -0.2) is 43.0 Å². The van der Waals surface area contributed by atoms with Crippen LogP contribution in [0.3, 0.4) is 0 Å². The van der Waals surface area contributed by atoms with Crippen LogP contribution in [0, 0.1) is 0 Å². The molecule has 1 aromatic carbocycles. The first-order valence-electron chi connectivity index (χ1n) is 5.64. The van der Waals surface area contributed by atoms with Crippen molar-refractivity contribution in [1.82, 2.24) is 9.80 Å². The van der Waals surface area contributed by atoms with E-state index in [1.54, 1.807) is 0 Å². The quantitative estimate of drug-likeness (QED) is 0.768. The van der Waals surface area contributed by atoms with Gasteiger partial charge in [0, 0.05) is 18.9 Å². The third kappa shape index (κ3) is 2.42. The van der Waals surface area contributed by atoms with E-state index < -0.39 is 0 Å². The van der Waals surface area contributed by atoms with Crippen LogP contribution in [-0.2, 0) is 4.79 Å². The Balaban J connectivity index is 2.04. The molecule has 0 unspecified atom stereocenters. The molecule has 2 rings (SSSR count). The topological polar surface area (TPSA) is 23.6 Å². The normalized spacial score (nSPS) is 20.8. The molecule has 1 saturated heterocycles. The molecule has 1 amide bonds. The lowest BCUT2D eigenvalue weighted by molar-refractivity contribution is -0.129. The zero-order valence-electron chi connectivity index (χ0n) is 9.89. The minimum absolute atomic E-state index is 0.266. The summed E-state index contributed by atoms with van der Waals surface area (Å²) >= 11 is 0. The molecule has 0 spiro atoms. The van der Waals surface area contributed by atoms with Crippen molar-refractivity contribution < 1.29 is 4.79 Å². The Morgan fingerprint density at radius 3 is 2.62 bits per heavy atom. The number of amides is 1. The van der Waals surface area contributed by atoms with E-state index in [-0.39, 0.29) is 5.91 Å². The Kier molecular flexibility index (Phi) is 3.25. The van der Waals surface area contributed by atoms with Crippen LogP contribution in [0.25, 0.3) is 0 Å². The first kappa shape index (κ1) is 11.1. The highest BCUT2D eigenvalue weighted by Gasteiger charge is 2.30. The van der Waals surface area contributed by atoms with Gasteiger partial charge in [0.1, 0.15) is 0 Å². The van der Waals surface area contributed by atoms with Crippen molar-refractivity contribution in [1.29, 1.82) is 0 Å². The van der Waals surface area contributed by atoms with E-state index in [1.807, 2.05) is 42.1 Å². The summed E-state index contributed by atoms with van der Waals surface area (Å²) in [5.41, 5.74) is 1.28. The Hall–Kier alpha value is -1.35. The molecule has 0 saturated carbocycles. The second kappa shape index (κ2) is 4.66. The van der Waals surface area contributed by atoms with Crippen molar-refractivity contribution in [3.63, 3.8) is 0 Å². The molecule has 0 aromatic heterocycles. The number of hydrogen-bond donors (Lipinski definition) is 0. The maximum absolute atomic E-state index is 11.8. The van der Waals surface area contributed by atoms with E-state index >= 15 is 0 Å². The fourth-order valence-corrected chi connectivity index (χ4v) is 2.20. The summed E-state index contributed by atoms with van der Waals surface area (Å²) in [6.07, 6.45) is 0.651. The SMILES string of the molecule is CN(C)CN1C[C@H](c2ccccc2)CC1=O. The molecule has 0 N–H and O–H groups in total. The minimum Gasteiger partial charge on any atom is -0.329 e. The zero-order valence-corrected chi connectivity index (χ0v) is 9.89. The van der Waals surface area contributed by atoms with Crippen molar-refractivity contribution in [3.8, 4) is 0 Å². The van der Waals surface area contributed by atoms with Crippen LogP contribution in [0.4, 0.5) is 0 Å². The van der Waals surface area contributed by atoms with Gasteiger partial charge >= 0.3 is 0 Å². The largest absolute Gasteiger partial charge is 0.329 e.